The quantitative estimate of drug-likeness (QED) is 0.801. The summed E-state index contributed by atoms with van der Waals surface area (Å²) >= 11 is 0. The molecule has 0 aromatic heterocycles. The lowest BCUT2D eigenvalue weighted by Crippen LogP contribution is -2.70. The highest BCUT2D eigenvalue weighted by Gasteiger charge is 2.69. The topological polar surface area (TPSA) is 72.2 Å². The number of hydrogen-bond donors (Lipinski definition) is 1. The first kappa shape index (κ1) is 16.2. The highest BCUT2D eigenvalue weighted by molar-refractivity contribution is 5.09. The molecular formula is C17H29NO5. The Hall–Kier alpha value is -0.240. The van der Waals surface area contributed by atoms with Gasteiger partial charge in [-0.15, -0.1) is 0 Å². The summed E-state index contributed by atoms with van der Waals surface area (Å²) in [5.74, 6) is 0.791. The number of nitrogens with two attached hydrogens (primary N) is 1. The van der Waals surface area contributed by atoms with E-state index in [1.807, 2.05) is 6.92 Å². The van der Waals surface area contributed by atoms with Gasteiger partial charge in [0.25, 0.3) is 0 Å². The van der Waals surface area contributed by atoms with Gasteiger partial charge in [0.1, 0.15) is 0 Å². The van der Waals surface area contributed by atoms with E-state index in [2.05, 4.69) is 13.8 Å². The minimum Gasteiger partial charge on any atom is -0.351 e. The number of ether oxygens (including phenoxy) is 3. The van der Waals surface area contributed by atoms with Crippen molar-refractivity contribution in [2.45, 2.75) is 70.4 Å². The van der Waals surface area contributed by atoms with Crippen LogP contribution in [0.5, 0.6) is 0 Å². The van der Waals surface area contributed by atoms with E-state index in [9.17, 15) is 0 Å². The Morgan fingerprint density at radius 2 is 1.96 bits per heavy atom. The molecular weight excluding hydrogens is 298 g/mol. The van der Waals surface area contributed by atoms with E-state index < -0.39 is 17.7 Å². The molecule has 4 aliphatic heterocycles. The third-order valence-corrected chi connectivity index (χ3v) is 6.50. The summed E-state index contributed by atoms with van der Waals surface area (Å²) in [7, 11) is 0. The summed E-state index contributed by atoms with van der Waals surface area (Å²) in [4.78, 5) is 11.9. The third-order valence-electron chi connectivity index (χ3n) is 6.50. The summed E-state index contributed by atoms with van der Waals surface area (Å²) in [6.45, 7) is 7.43. The first-order valence-electron chi connectivity index (χ1n) is 9.02. The van der Waals surface area contributed by atoms with Gasteiger partial charge in [0.05, 0.1) is 6.61 Å². The highest BCUT2D eigenvalue weighted by atomic mass is 17.3. The van der Waals surface area contributed by atoms with Crippen LogP contribution in [-0.4, -0.2) is 37.1 Å². The van der Waals surface area contributed by atoms with E-state index in [-0.39, 0.29) is 12.2 Å². The van der Waals surface area contributed by atoms with Crippen molar-refractivity contribution in [1.29, 1.82) is 0 Å². The Morgan fingerprint density at radius 3 is 2.74 bits per heavy atom. The second-order valence-corrected chi connectivity index (χ2v) is 7.93. The van der Waals surface area contributed by atoms with Crippen LogP contribution in [0.25, 0.3) is 0 Å². The molecule has 1 unspecified atom stereocenters. The van der Waals surface area contributed by atoms with Crippen molar-refractivity contribution in [3.05, 3.63) is 0 Å². The molecule has 5 aliphatic rings. The van der Waals surface area contributed by atoms with Crippen LogP contribution in [0.4, 0.5) is 0 Å². The van der Waals surface area contributed by atoms with Gasteiger partial charge in [-0.2, -0.15) is 0 Å². The number of rotatable bonds is 3. The van der Waals surface area contributed by atoms with Crippen LogP contribution < -0.4 is 5.73 Å². The van der Waals surface area contributed by atoms with Gasteiger partial charge in [-0.25, -0.2) is 9.78 Å². The maximum Gasteiger partial charge on any atom is 0.201 e. The van der Waals surface area contributed by atoms with Gasteiger partial charge < -0.3 is 19.9 Å². The van der Waals surface area contributed by atoms with E-state index in [4.69, 9.17) is 29.7 Å². The monoisotopic (exact) mass is 327 g/mol. The summed E-state index contributed by atoms with van der Waals surface area (Å²) in [5.41, 5.74) is 5.09. The van der Waals surface area contributed by atoms with Crippen LogP contribution in [0, 0.1) is 23.7 Å². The van der Waals surface area contributed by atoms with Crippen molar-refractivity contribution >= 4 is 0 Å². The maximum absolute atomic E-state index is 6.26. The molecule has 6 nitrogen and oxygen atoms in total. The molecule has 1 saturated carbocycles. The first-order valence-corrected chi connectivity index (χ1v) is 9.02. The van der Waals surface area contributed by atoms with Crippen molar-refractivity contribution in [2.75, 3.05) is 13.2 Å². The van der Waals surface area contributed by atoms with Crippen molar-refractivity contribution < 1.29 is 24.0 Å². The van der Waals surface area contributed by atoms with Crippen LogP contribution in [-0.2, 0) is 24.0 Å². The van der Waals surface area contributed by atoms with E-state index >= 15 is 0 Å². The lowest BCUT2D eigenvalue weighted by atomic mass is 9.58. The Kier molecular flexibility index (Phi) is 3.99. The molecule has 23 heavy (non-hydrogen) atoms. The van der Waals surface area contributed by atoms with Crippen molar-refractivity contribution in [1.82, 2.24) is 0 Å². The smallest absolute Gasteiger partial charge is 0.201 e. The normalized spacial score (nSPS) is 55.3. The molecule has 0 radical (unpaired) electrons. The second-order valence-electron chi connectivity index (χ2n) is 7.93. The van der Waals surface area contributed by atoms with Gasteiger partial charge in [0.15, 0.2) is 18.2 Å². The Morgan fingerprint density at radius 1 is 1.13 bits per heavy atom. The second kappa shape index (κ2) is 5.64. The van der Waals surface area contributed by atoms with E-state index in [1.54, 1.807) is 0 Å². The fourth-order valence-corrected chi connectivity index (χ4v) is 5.25. The van der Waals surface area contributed by atoms with Gasteiger partial charge in [0, 0.05) is 24.8 Å². The first-order chi connectivity index (χ1) is 11.0. The predicted molar refractivity (Wildman–Crippen MR) is 81.8 cm³/mol. The van der Waals surface area contributed by atoms with Crippen molar-refractivity contribution in [2.24, 2.45) is 29.4 Å². The van der Waals surface area contributed by atoms with Crippen molar-refractivity contribution in [3.8, 4) is 0 Å². The summed E-state index contributed by atoms with van der Waals surface area (Å²) < 4.78 is 18.4. The van der Waals surface area contributed by atoms with E-state index in [1.165, 1.54) is 6.42 Å². The molecule has 132 valence electrons. The Labute approximate surface area is 137 Å². The van der Waals surface area contributed by atoms with Gasteiger partial charge in [-0.1, -0.05) is 13.8 Å². The SMILES string of the molecule is C[C@@H]1CC[C@H]2[C@@H](C)C(OCCN)O[C@@H]3O[C@]4(C)CC[C@@H]1[C@]32OO4. The van der Waals surface area contributed by atoms with Gasteiger partial charge in [0.2, 0.25) is 5.79 Å². The van der Waals surface area contributed by atoms with Crippen LogP contribution in [0.3, 0.4) is 0 Å². The Balaban J connectivity index is 1.70. The summed E-state index contributed by atoms with van der Waals surface area (Å²) in [6.07, 6.45) is 3.46. The molecule has 4 saturated heterocycles. The van der Waals surface area contributed by atoms with Gasteiger partial charge in [-0.05, 0) is 38.0 Å². The molecule has 4 heterocycles. The average Bonchev–Trinajstić information content (AvgIpc) is 2.76. The fraction of sp³-hybridized carbons (Fsp3) is 1.00. The molecule has 0 aromatic rings. The molecule has 8 atom stereocenters. The lowest BCUT2D eigenvalue weighted by Gasteiger charge is -2.60. The van der Waals surface area contributed by atoms with Gasteiger partial charge in [-0.3, -0.25) is 0 Å². The minimum absolute atomic E-state index is 0.224. The lowest BCUT2D eigenvalue weighted by molar-refractivity contribution is -0.577. The largest absolute Gasteiger partial charge is 0.351 e. The molecule has 2 N–H and O–H groups in total. The number of hydrogen-bond acceptors (Lipinski definition) is 6. The van der Waals surface area contributed by atoms with E-state index in [0.717, 1.165) is 19.3 Å². The summed E-state index contributed by atoms with van der Waals surface area (Å²) in [6, 6.07) is 0. The zero-order chi connectivity index (χ0) is 16.2. The van der Waals surface area contributed by atoms with Crippen LogP contribution >= 0.6 is 0 Å². The molecule has 6 heteroatoms. The zero-order valence-corrected chi connectivity index (χ0v) is 14.3. The average molecular weight is 327 g/mol. The molecule has 5 rings (SSSR count). The molecule has 1 aliphatic carbocycles. The standard InChI is InChI=1S/C17H29NO5/c1-10-4-5-13-11(2)14(19-9-8-18)20-15-17(13)12(10)6-7-16(3,21-15)22-23-17/h10-15H,4-9,18H2,1-3H3/t10-,11-,12+,13+,14?,15-,16+,17-/m1/s1. The molecule has 2 bridgehead atoms. The summed E-state index contributed by atoms with van der Waals surface area (Å²) in [5, 5.41) is 0. The molecule has 5 fully saturated rings. The van der Waals surface area contributed by atoms with Crippen LogP contribution in [0.2, 0.25) is 0 Å². The highest BCUT2D eigenvalue weighted by Crippen LogP contribution is 2.60. The maximum atomic E-state index is 6.26. The van der Waals surface area contributed by atoms with Crippen LogP contribution in [0.15, 0.2) is 0 Å². The fourth-order valence-electron chi connectivity index (χ4n) is 5.25. The molecule has 1 spiro atoms. The Bertz CT molecular complexity index is 462. The molecule has 0 amide bonds. The zero-order valence-electron chi connectivity index (χ0n) is 14.3. The minimum atomic E-state index is -0.726. The predicted octanol–water partition coefficient (Wildman–Crippen LogP) is 2.17. The third kappa shape index (κ3) is 2.30. The van der Waals surface area contributed by atoms with E-state index in [0.29, 0.717) is 30.9 Å². The van der Waals surface area contributed by atoms with Gasteiger partial charge >= 0.3 is 0 Å². The van der Waals surface area contributed by atoms with Crippen LogP contribution in [0.1, 0.15) is 46.5 Å². The number of fused-ring (bicyclic) bond motifs is 2. The van der Waals surface area contributed by atoms with Crippen molar-refractivity contribution in [3.63, 3.8) is 0 Å². The molecule has 0 aromatic carbocycles.